The van der Waals surface area contributed by atoms with Gasteiger partial charge < -0.3 is 5.32 Å². The molecule has 1 aliphatic rings. The van der Waals surface area contributed by atoms with Gasteiger partial charge in [-0.15, -0.1) is 9.24 Å². The number of rotatable bonds is 0. The lowest BCUT2D eigenvalue weighted by atomic mass is 10.2. The van der Waals surface area contributed by atoms with E-state index in [0.29, 0.717) is 0 Å². The summed E-state index contributed by atoms with van der Waals surface area (Å²) in [5, 5.41) is 3.36. The zero-order valence-corrected chi connectivity index (χ0v) is 6.34. The molecule has 0 amide bonds. The second-order valence-electron chi connectivity index (χ2n) is 2.44. The van der Waals surface area contributed by atoms with E-state index in [9.17, 15) is 0 Å². The predicted molar refractivity (Wildman–Crippen MR) is 40.2 cm³/mol. The average Bonchev–Trinajstić information content (AvgIpc) is 1.94. The minimum Gasteiger partial charge on any atom is -0.317 e. The van der Waals surface area contributed by atoms with Crippen LogP contribution in [0.25, 0.3) is 0 Å². The van der Waals surface area contributed by atoms with Crippen LogP contribution in [0.15, 0.2) is 0 Å². The lowest BCUT2D eigenvalue weighted by Gasteiger charge is -2.02. The molecule has 2 heteroatoms. The summed E-state index contributed by atoms with van der Waals surface area (Å²) in [6.07, 6.45) is 4.08. The van der Waals surface area contributed by atoms with E-state index in [1.807, 2.05) is 0 Å². The summed E-state index contributed by atoms with van der Waals surface area (Å²) >= 11 is 0. The average molecular weight is 131 g/mol. The van der Waals surface area contributed by atoms with Crippen molar-refractivity contribution in [3.05, 3.63) is 0 Å². The fraction of sp³-hybridized carbons (Fsp3) is 1.00. The molecule has 48 valence electrons. The van der Waals surface area contributed by atoms with Crippen LogP contribution < -0.4 is 5.32 Å². The molecule has 0 spiro atoms. The van der Waals surface area contributed by atoms with E-state index < -0.39 is 0 Å². The van der Waals surface area contributed by atoms with Gasteiger partial charge >= 0.3 is 0 Å². The molecular formula is C6H14NP. The second-order valence-corrected chi connectivity index (χ2v) is 3.38. The van der Waals surface area contributed by atoms with Crippen LogP contribution in [-0.2, 0) is 0 Å². The van der Waals surface area contributed by atoms with E-state index in [0.717, 1.165) is 5.66 Å². The summed E-state index contributed by atoms with van der Waals surface area (Å²) in [4.78, 5) is 0. The Kier molecular flexibility index (Phi) is 2.78. The van der Waals surface area contributed by atoms with Crippen LogP contribution in [0, 0.1) is 0 Å². The van der Waals surface area contributed by atoms with Gasteiger partial charge in [-0.25, -0.2) is 0 Å². The molecule has 0 aromatic carbocycles. The standard InChI is InChI=1S/C6H14NP/c8-6-2-1-4-7-5-3-6/h6-7H,1-5,8H2/t6-/m1/s1. The van der Waals surface area contributed by atoms with E-state index in [1.54, 1.807) is 0 Å². The van der Waals surface area contributed by atoms with Crippen LogP contribution in [-0.4, -0.2) is 18.7 Å². The molecule has 1 unspecified atom stereocenters. The number of hydrogen-bond acceptors (Lipinski definition) is 1. The van der Waals surface area contributed by atoms with Crippen LogP contribution in [0.5, 0.6) is 0 Å². The minimum atomic E-state index is 0.880. The molecule has 0 aliphatic carbocycles. The molecule has 1 saturated heterocycles. The lowest BCUT2D eigenvalue weighted by Crippen LogP contribution is -2.13. The van der Waals surface area contributed by atoms with E-state index in [2.05, 4.69) is 14.6 Å². The molecule has 1 aliphatic heterocycles. The van der Waals surface area contributed by atoms with E-state index >= 15 is 0 Å². The molecule has 1 rings (SSSR count). The van der Waals surface area contributed by atoms with Crippen LogP contribution in [0.4, 0.5) is 0 Å². The van der Waals surface area contributed by atoms with Gasteiger partial charge in [-0.05, 0) is 38.0 Å². The third-order valence-corrected chi connectivity index (χ3v) is 2.29. The summed E-state index contributed by atoms with van der Waals surface area (Å²) in [6, 6.07) is 0. The topological polar surface area (TPSA) is 12.0 Å². The van der Waals surface area contributed by atoms with Crippen LogP contribution in [0.2, 0.25) is 0 Å². The minimum absolute atomic E-state index is 0.880. The monoisotopic (exact) mass is 131 g/mol. The SMILES string of the molecule is P[C@@H]1CCCNCC1. The Labute approximate surface area is 53.4 Å². The zero-order chi connectivity index (χ0) is 5.82. The molecule has 0 saturated carbocycles. The van der Waals surface area contributed by atoms with E-state index in [-0.39, 0.29) is 0 Å². The first-order valence-electron chi connectivity index (χ1n) is 3.36. The summed E-state index contributed by atoms with van der Waals surface area (Å²) in [5.41, 5.74) is 0.880. The van der Waals surface area contributed by atoms with Gasteiger partial charge in [0.1, 0.15) is 0 Å². The Morgan fingerprint density at radius 2 is 2.12 bits per heavy atom. The summed E-state index contributed by atoms with van der Waals surface area (Å²) < 4.78 is 0. The molecule has 1 fully saturated rings. The first-order valence-corrected chi connectivity index (χ1v) is 4.02. The molecular weight excluding hydrogens is 117 g/mol. The van der Waals surface area contributed by atoms with Crippen molar-refractivity contribution < 1.29 is 0 Å². The molecule has 0 bridgehead atoms. The van der Waals surface area contributed by atoms with Crippen molar-refractivity contribution in [2.75, 3.05) is 13.1 Å². The number of nitrogens with one attached hydrogen (secondary N) is 1. The highest BCUT2D eigenvalue weighted by molar-refractivity contribution is 7.17. The van der Waals surface area contributed by atoms with Gasteiger partial charge in [0.15, 0.2) is 0 Å². The fourth-order valence-corrected chi connectivity index (χ4v) is 1.45. The smallest absolute Gasteiger partial charge is 0.00431 e. The summed E-state index contributed by atoms with van der Waals surface area (Å²) in [6.45, 7) is 2.44. The molecule has 1 heterocycles. The normalized spacial score (nSPS) is 31.9. The van der Waals surface area contributed by atoms with Gasteiger partial charge in [0.25, 0.3) is 0 Å². The maximum absolute atomic E-state index is 3.36. The Hall–Kier alpha value is 0.390. The van der Waals surface area contributed by atoms with Crippen molar-refractivity contribution in [2.45, 2.75) is 24.9 Å². The molecule has 0 radical (unpaired) electrons. The van der Waals surface area contributed by atoms with Crippen molar-refractivity contribution >= 4 is 9.24 Å². The predicted octanol–water partition coefficient (Wildman–Crippen LogP) is 1.00. The lowest BCUT2D eigenvalue weighted by molar-refractivity contribution is 0.703. The molecule has 8 heavy (non-hydrogen) atoms. The van der Waals surface area contributed by atoms with Crippen LogP contribution >= 0.6 is 9.24 Å². The zero-order valence-electron chi connectivity index (χ0n) is 5.19. The maximum atomic E-state index is 3.36. The number of hydrogen-bond donors (Lipinski definition) is 1. The van der Waals surface area contributed by atoms with Crippen LogP contribution in [0.3, 0.4) is 0 Å². The Bertz CT molecular complexity index is 57.5. The third-order valence-electron chi connectivity index (χ3n) is 1.62. The quantitative estimate of drug-likeness (QED) is 0.484. The van der Waals surface area contributed by atoms with E-state index in [4.69, 9.17) is 0 Å². The Balaban J connectivity index is 2.17. The van der Waals surface area contributed by atoms with Gasteiger partial charge in [-0.1, -0.05) is 0 Å². The first kappa shape index (κ1) is 6.51. The molecule has 2 atom stereocenters. The Morgan fingerprint density at radius 3 is 3.00 bits per heavy atom. The summed E-state index contributed by atoms with van der Waals surface area (Å²) in [5.74, 6) is 0. The maximum Gasteiger partial charge on any atom is -0.00431 e. The molecule has 1 N–H and O–H groups in total. The Morgan fingerprint density at radius 1 is 1.25 bits per heavy atom. The molecule has 0 aromatic rings. The van der Waals surface area contributed by atoms with Gasteiger partial charge in [0.05, 0.1) is 0 Å². The largest absolute Gasteiger partial charge is 0.317 e. The van der Waals surface area contributed by atoms with Crippen molar-refractivity contribution in [3.8, 4) is 0 Å². The van der Waals surface area contributed by atoms with E-state index in [1.165, 1.54) is 32.4 Å². The van der Waals surface area contributed by atoms with Gasteiger partial charge in [0, 0.05) is 0 Å². The van der Waals surface area contributed by atoms with Crippen molar-refractivity contribution in [1.29, 1.82) is 0 Å². The summed E-state index contributed by atoms with van der Waals surface area (Å²) in [7, 11) is 2.90. The van der Waals surface area contributed by atoms with Crippen molar-refractivity contribution in [3.63, 3.8) is 0 Å². The molecule has 1 nitrogen and oxygen atoms in total. The van der Waals surface area contributed by atoms with Gasteiger partial charge in [-0.3, -0.25) is 0 Å². The van der Waals surface area contributed by atoms with Gasteiger partial charge in [0.2, 0.25) is 0 Å². The third kappa shape index (κ3) is 2.11. The fourth-order valence-electron chi connectivity index (χ4n) is 1.05. The van der Waals surface area contributed by atoms with Crippen molar-refractivity contribution in [1.82, 2.24) is 5.32 Å². The highest BCUT2D eigenvalue weighted by Crippen LogP contribution is 2.13. The molecule has 0 aromatic heterocycles. The van der Waals surface area contributed by atoms with Gasteiger partial charge in [-0.2, -0.15) is 0 Å². The van der Waals surface area contributed by atoms with Crippen LogP contribution in [0.1, 0.15) is 19.3 Å². The highest BCUT2D eigenvalue weighted by Gasteiger charge is 2.04. The second kappa shape index (κ2) is 3.42. The highest BCUT2D eigenvalue weighted by atomic mass is 31.0. The first-order chi connectivity index (χ1) is 3.89. The van der Waals surface area contributed by atoms with Crippen molar-refractivity contribution in [2.24, 2.45) is 0 Å².